The molecule has 0 saturated carbocycles. The van der Waals surface area contributed by atoms with Crippen LogP contribution >= 0.6 is 0 Å². The minimum atomic E-state index is -0.597. The summed E-state index contributed by atoms with van der Waals surface area (Å²) in [6.07, 6.45) is 1.91. The number of hydrogen-bond acceptors (Lipinski definition) is 4. The fourth-order valence-corrected chi connectivity index (χ4v) is 3.89. The standard InChI is InChI=1S/C21H25FN2O4/c1-3-28-21(27)20-14(2)24(13-19(26)23-9-4-5-10-23)18(25)12-17(20)15-7-6-8-16(22)11-15/h6-8,11,17H,3-5,9-10,12-13H2,1-2H3. The highest BCUT2D eigenvalue weighted by Gasteiger charge is 2.38. The second-order valence-corrected chi connectivity index (χ2v) is 7.10. The fraction of sp³-hybridized carbons (Fsp3) is 0.476. The molecule has 2 aliphatic heterocycles. The highest BCUT2D eigenvalue weighted by molar-refractivity contribution is 5.97. The fourth-order valence-electron chi connectivity index (χ4n) is 3.89. The number of allylic oxidation sites excluding steroid dienone is 1. The molecule has 1 saturated heterocycles. The Morgan fingerprint density at radius 2 is 1.96 bits per heavy atom. The van der Waals surface area contributed by atoms with E-state index in [-0.39, 0.29) is 31.4 Å². The highest BCUT2D eigenvalue weighted by atomic mass is 19.1. The molecular formula is C21H25FN2O4. The van der Waals surface area contributed by atoms with Gasteiger partial charge in [-0.2, -0.15) is 0 Å². The highest BCUT2D eigenvalue weighted by Crippen LogP contribution is 2.37. The zero-order chi connectivity index (χ0) is 20.3. The van der Waals surface area contributed by atoms with Crippen LogP contribution in [0.3, 0.4) is 0 Å². The van der Waals surface area contributed by atoms with Crippen molar-refractivity contribution in [1.82, 2.24) is 9.80 Å². The Morgan fingerprint density at radius 1 is 1.25 bits per heavy atom. The number of nitrogens with zero attached hydrogens (tertiary/aromatic N) is 2. The molecule has 1 atom stereocenters. The molecule has 1 aromatic carbocycles. The van der Waals surface area contributed by atoms with Crippen LogP contribution in [0.5, 0.6) is 0 Å². The molecule has 2 aliphatic rings. The first-order valence-corrected chi connectivity index (χ1v) is 9.63. The van der Waals surface area contributed by atoms with E-state index in [1.54, 1.807) is 30.9 Å². The van der Waals surface area contributed by atoms with Gasteiger partial charge in [-0.25, -0.2) is 9.18 Å². The molecule has 6 nitrogen and oxygen atoms in total. The molecule has 150 valence electrons. The van der Waals surface area contributed by atoms with Gasteiger partial charge in [-0.05, 0) is 44.4 Å². The summed E-state index contributed by atoms with van der Waals surface area (Å²) in [5, 5.41) is 0. The third-order valence-corrected chi connectivity index (χ3v) is 5.32. The van der Waals surface area contributed by atoms with Gasteiger partial charge in [-0.3, -0.25) is 9.59 Å². The Morgan fingerprint density at radius 3 is 2.61 bits per heavy atom. The van der Waals surface area contributed by atoms with Crippen molar-refractivity contribution in [3.8, 4) is 0 Å². The molecule has 3 rings (SSSR count). The molecule has 1 unspecified atom stereocenters. The largest absolute Gasteiger partial charge is 0.463 e. The molecule has 0 N–H and O–H groups in total. The van der Waals surface area contributed by atoms with Crippen LogP contribution in [0.4, 0.5) is 4.39 Å². The van der Waals surface area contributed by atoms with Crippen molar-refractivity contribution >= 4 is 17.8 Å². The van der Waals surface area contributed by atoms with Crippen molar-refractivity contribution in [3.63, 3.8) is 0 Å². The van der Waals surface area contributed by atoms with Gasteiger partial charge in [0.1, 0.15) is 12.4 Å². The van der Waals surface area contributed by atoms with Gasteiger partial charge in [0.25, 0.3) is 0 Å². The van der Waals surface area contributed by atoms with Crippen molar-refractivity contribution < 1.29 is 23.5 Å². The van der Waals surface area contributed by atoms with Crippen LogP contribution in [0.25, 0.3) is 0 Å². The Kier molecular flexibility index (Phi) is 6.11. The van der Waals surface area contributed by atoms with Crippen LogP contribution in [-0.2, 0) is 19.1 Å². The van der Waals surface area contributed by atoms with E-state index in [1.807, 2.05) is 0 Å². The molecule has 28 heavy (non-hydrogen) atoms. The maximum atomic E-state index is 13.7. The zero-order valence-electron chi connectivity index (χ0n) is 16.2. The van der Waals surface area contributed by atoms with E-state index in [0.29, 0.717) is 29.9 Å². The molecule has 2 heterocycles. The minimum absolute atomic E-state index is 0.0117. The number of benzene rings is 1. The van der Waals surface area contributed by atoms with Crippen LogP contribution in [-0.4, -0.2) is 53.8 Å². The summed E-state index contributed by atoms with van der Waals surface area (Å²) < 4.78 is 18.9. The van der Waals surface area contributed by atoms with Crippen molar-refractivity contribution in [2.75, 3.05) is 26.2 Å². The lowest BCUT2D eigenvalue weighted by molar-refractivity contribution is -0.142. The molecule has 0 spiro atoms. The van der Waals surface area contributed by atoms with Crippen LogP contribution in [0.1, 0.15) is 44.6 Å². The van der Waals surface area contributed by atoms with E-state index < -0.39 is 17.7 Å². The normalized spacial score (nSPS) is 20.0. The summed E-state index contributed by atoms with van der Waals surface area (Å²) >= 11 is 0. The lowest BCUT2D eigenvalue weighted by Gasteiger charge is -2.34. The average molecular weight is 388 g/mol. The summed E-state index contributed by atoms with van der Waals surface area (Å²) in [6.45, 7) is 4.83. The molecule has 2 amide bonds. The lowest BCUT2D eigenvalue weighted by Crippen LogP contribution is -2.44. The molecule has 1 fully saturated rings. The lowest BCUT2D eigenvalue weighted by atomic mass is 9.83. The number of rotatable bonds is 5. The monoisotopic (exact) mass is 388 g/mol. The third kappa shape index (κ3) is 4.08. The number of carbonyl (C=O) groups is 3. The van der Waals surface area contributed by atoms with Crippen LogP contribution in [0.2, 0.25) is 0 Å². The third-order valence-electron chi connectivity index (χ3n) is 5.32. The quantitative estimate of drug-likeness (QED) is 0.728. The topological polar surface area (TPSA) is 66.9 Å². The predicted molar refractivity (Wildman–Crippen MR) is 101 cm³/mol. The molecule has 0 aliphatic carbocycles. The summed E-state index contributed by atoms with van der Waals surface area (Å²) in [6, 6.07) is 5.89. The van der Waals surface area contributed by atoms with E-state index in [1.165, 1.54) is 17.0 Å². The SMILES string of the molecule is CCOC(=O)C1=C(C)N(CC(=O)N2CCCC2)C(=O)CC1c1cccc(F)c1. The molecule has 7 heteroatoms. The van der Waals surface area contributed by atoms with Gasteiger partial charge in [-0.1, -0.05) is 12.1 Å². The van der Waals surface area contributed by atoms with Crippen molar-refractivity contribution in [2.45, 2.75) is 39.0 Å². The van der Waals surface area contributed by atoms with Crippen molar-refractivity contribution in [3.05, 3.63) is 46.9 Å². The van der Waals surface area contributed by atoms with E-state index >= 15 is 0 Å². The minimum Gasteiger partial charge on any atom is -0.463 e. The number of halogens is 1. The maximum Gasteiger partial charge on any atom is 0.336 e. The average Bonchev–Trinajstić information content (AvgIpc) is 3.19. The Hall–Kier alpha value is -2.70. The van der Waals surface area contributed by atoms with E-state index in [9.17, 15) is 18.8 Å². The first kappa shape index (κ1) is 20.0. The number of amides is 2. The van der Waals surface area contributed by atoms with Gasteiger partial charge in [0.2, 0.25) is 11.8 Å². The number of ether oxygens (including phenoxy) is 1. The van der Waals surface area contributed by atoms with Gasteiger partial charge in [-0.15, -0.1) is 0 Å². The Balaban J connectivity index is 1.95. The molecule has 1 aromatic rings. The smallest absolute Gasteiger partial charge is 0.336 e. The number of hydrogen-bond donors (Lipinski definition) is 0. The van der Waals surface area contributed by atoms with Gasteiger partial charge < -0.3 is 14.5 Å². The van der Waals surface area contributed by atoms with Gasteiger partial charge in [0.05, 0.1) is 12.2 Å². The van der Waals surface area contributed by atoms with Crippen LogP contribution in [0, 0.1) is 5.82 Å². The second-order valence-electron chi connectivity index (χ2n) is 7.10. The van der Waals surface area contributed by atoms with Crippen molar-refractivity contribution in [1.29, 1.82) is 0 Å². The Bertz CT molecular complexity index is 814. The first-order valence-electron chi connectivity index (χ1n) is 9.63. The maximum absolute atomic E-state index is 13.7. The second kappa shape index (κ2) is 8.54. The molecule has 0 radical (unpaired) electrons. The van der Waals surface area contributed by atoms with Gasteiger partial charge in [0, 0.05) is 31.1 Å². The van der Waals surface area contributed by atoms with E-state index in [4.69, 9.17) is 4.74 Å². The number of carbonyl (C=O) groups excluding carboxylic acids is 3. The summed E-state index contributed by atoms with van der Waals surface area (Å²) in [5.41, 5.74) is 1.25. The van der Waals surface area contributed by atoms with Gasteiger partial charge >= 0.3 is 5.97 Å². The van der Waals surface area contributed by atoms with Gasteiger partial charge in [0.15, 0.2) is 0 Å². The predicted octanol–water partition coefficient (Wildman–Crippen LogP) is 2.60. The molecule has 0 aromatic heterocycles. The molecule has 0 bridgehead atoms. The Labute approximate surface area is 163 Å². The van der Waals surface area contributed by atoms with E-state index in [2.05, 4.69) is 0 Å². The summed E-state index contributed by atoms with van der Waals surface area (Å²) in [7, 11) is 0. The number of likely N-dealkylation sites (tertiary alicyclic amines) is 1. The van der Waals surface area contributed by atoms with E-state index in [0.717, 1.165) is 12.8 Å². The summed E-state index contributed by atoms with van der Waals surface area (Å²) in [4.78, 5) is 41.1. The van der Waals surface area contributed by atoms with Crippen LogP contribution < -0.4 is 0 Å². The summed E-state index contributed by atoms with van der Waals surface area (Å²) in [5.74, 6) is -1.96. The van der Waals surface area contributed by atoms with Crippen LogP contribution in [0.15, 0.2) is 35.5 Å². The number of esters is 1. The molecular weight excluding hydrogens is 363 g/mol. The zero-order valence-corrected chi connectivity index (χ0v) is 16.2. The van der Waals surface area contributed by atoms with Crippen molar-refractivity contribution in [2.24, 2.45) is 0 Å². The first-order chi connectivity index (χ1) is 13.4.